The van der Waals surface area contributed by atoms with E-state index in [4.69, 9.17) is 0 Å². The normalized spacial score (nSPS) is 14.7. The number of sulfonamides is 1. The number of rotatable bonds is 3. The summed E-state index contributed by atoms with van der Waals surface area (Å²) in [5, 5.41) is 0.992. The standard InChI is InChI=1S/C8H7F6NO2S2/c1-19(16,17)15-6(7(9,10)11,8(12,13)14)5-3-2-4-18-5/h2-4,15H,1H3. The first kappa shape index (κ1) is 16.2. The molecule has 0 amide bonds. The average molecular weight is 327 g/mol. The number of thiophene rings is 1. The molecule has 1 heterocycles. The molecule has 0 radical (unpaired) electrons. The van der Waals surface area contributed by atoms with Gasteiger partial charge in [0.1, 0.15) is 0 Å². The van der Waals surface area contributed by atoms with Crippen LogP contribution in [0.1, 0.15) is 4.88 Å². The first-order chi connectivity index (χ1) is 8.31. The second-order valence-corrected chi connectivity index (χ2v) is 6.29. The second-order valence-electron chi connectivity index (χ2n) is 3.60. The van der Waals surface area contributed by atoms with Gasteiger partial charge in [0.05, 0.1) is 6.26 Å². The summed E-state index contributed by atoms with van der Waals surface area (Å²) in [5.41, 5.74) is -4.64. The van der Waals surface area contributed by atoms with Crippen LogP contribution in [0.3, 0.4) is 0 Å². The summed E-state index contributed by atoms with van der Waals surface area (Å²) in [6.45, 7) is 0. The summed E-state index contributed by atoms with van der Waals surface area (Å²) < 4.78 is 100. The fraction of sp³-hybridized carbons (Fsp3) is 0.500. The van der Waals surface area contributed by atoms with Crippen molar-refractivity contribution in [2.24, 2.45) is 0 Å². The molecule has 1 aromatic rings. The third-order valence-electron chi connectivity index (χ3n) is 2.08. The number of alkyl halides is 6. The Balaban J connectivity index is 3.63. The minimum atomic E-state index is -5.88. The highest BCUT2D eigenvalue weighted by Crippen LogP contribution is 2.51. The summed E-state index contributed by atoms with van der Waals surface area (Å²) >= 11 is 0.157. The second kappa shape index (κ2) is 4.63. The Kier molecular flexibility index (Phi) is 3.96. The van der Waals surface area contributed by atoms with Crippen LogP contribution in [0.2, 0.25) is 0 Å². The van der Waals surface area contributed by atoms with E-state index in [-0.39, 0.29) is 17.6 Å². The molecule has 1 N–H and O–H groups in total. The molecule has 1 rings (SSSR count). The number of hydrogen-bond acceptors (Lipinski definition) is 3. The van der Waals surface area contributed by atoms with Crippen molar-refractivity contribution in [3.05, 3.63) is 22.4 Å². The molecule has 0 aliphatic carbocycles. The van der Waals surface area contributed by atoms with Crippen LogP contribution in [0.15, 0.2) is 17.5 Å². The molecular formula is C8H7F6NO2S2. The number of hydrogen-bond donors (Lipinski definition) is 1. The van der Waals surface area contributed by atoms with E-state index in [1.54, 1.807) is 0 Å². The molecule has 11 heteroatoms. The highest BCUT2D eigenvalue weighted by Gasteiger charge is 2.73. The van der Waals surface area contributed by atoms with Crippen LogP contribution < -0.4 is 4.72 Å². The van der Waals surface area contributed by atoms with Gasteiger partial charge in [-0.25, -0.2) is 8.42 Å². The molecule has 0 spiro atoms. The Bertz CT molecular complexity index is 517. The third kappa shape index (κ3) is 3.03. The minimum absolute atomic E-state index is 0.157. The fourth-order valence-corrected chi connectivity index (χ4v) is 3.26. The Morgan fingerprint density at radius 1 is 1.11 bits per heavy atom. The lowest BCUT2D eigenvalue weighted by atomic mass is 9.97. The number of nitrogens with one attached hydrogen (secondary N) is 1. The SMILES string of the molecule is CS(=O)(=O)NC(c1cccs1)(C(F)(F)F)C(F)(F)F. The molecule has 3 nitrogen and oxygen atoms in total. The van der Waals surface area contributed by atoms with E-state index in [9.17, 15) is 34.8 Å². The topological polar surface area (TPSA) is 46.2 Å². The molecule has 1 aromatic heterocycles. The smallest absolute Gasteiger partial charge is 0.213 e. The van der Waals surface area contributed by atoms with Crippen molar-refractivity contribution in [3.63, 3.8) is 0 Å². The van der Waals surface area contributed by atoms with Crippen molar-refractivity contribution in [2.45, 2.75) is 17.9 Å². The average Bonchev–Trinajstić information content (AvgIpc) is 2.60. The van der Waals surface area contributed by atoms with E-state index in [1.165, 1.54) is 0 Å². The lowest BCUT2D eigenvalue weighted by molar-refractivity contribution is -0.306. The van der Waals surface area contributed by atoms with E-state index >= 15 is 0 Å². The van der Waals surface area contributed by atoms with E-state index in [0.29, 0.717) is 10.8 Å². The fourth-order valence-electron chi connectivity index (χ4n) is 1.38. The third-order valence-corrected chi connectivity index (χ3v) is 3.75. The van der Waals surface area contributed by atoms with Gasteiger partial charge in [0, 0.05) is 4.88 Å². The van der Waals surface area contributed by atoms with Crippen molar-refractivity contribution in [3.8, 4) is 0 Å². The molecule has 110 valence electrons. The van der Waals surface area contributed by atoms with Crippen molar-refractivity contribution in [2.75, 3.05) is 6.26 Å². The Hall–Kier alpha value is -0.810. The largest absolute Gasteiger partial charge is 0.421 e. The van der Waals surface area contributed by atoms with Crippen LogP contribution >= 0.6 is 11.3 Å². The maximum absolute atomic E-state index is 12.9. The van der Waals surface area contributed by atoms with Crippen LogP contribution in [-0.4, -0.2) is 27.0 Å². The van der Waals surface area contributed by atoms with Crippen molar-refractivity contribution < 1.29 is 34.8 Å². The van der Waals surface area contributed by atoms with Gasteiger partial charge in [-0.15, -0.1) is 11.3 Å². The highest BCUT2D eigenvalue weighted by molar-refractivity contribution is 7.88. The van der Waals surface area contributed by atoms with E-state index < -0.39 is 32.8 Å². The summed E-state index contributed by atoms with van der Waals surface area (Å²) in [6, 6.07) is 1.54. The zero-order valence-corrected chi connectivity index (χ0v) is 10.8. The highest BCUT2D eigenvalue weighted by atomic mass is 32.2. The van der Waals surface area contributed by atoms with Crippen molar-refractivity contribution in [1.82, 2.24) is 4.72 Å². The summed E-state index contributed by atoms with van der Waals surface area (Å²) in [6.07, 6.45) is -11.5. The number of halogens is 6. The van der Waals surface area contributed by atoms with Gasteiger partial charge in [0.15, 0.2) is 0 Å². The molecule has 0 aromatic carbocycles. The van der Waals surface area contributed by atoms with Crippen LogP contribution in [-0.2, 0) is 15.6 Å². The molecule has 19 heavy (non-hydrogen) atoms. The van der Waals surface area contributed by atoms with Crippen LogP contribution in [0.5, 0.6) is 0 Å². The van der Waals surface area contributed by atoms with Gasteiger partial charge in [-0.3, -0.25) is 0 Å². The molecule has 0 aliphatic heterocycles. The summed E-state index contributed by atoms with van der Waals surface area (Å²) in [5.74, 6) is 0. The first-order valence-electron chi connectivity index (χ1n) is 4.47. The van der Waals surface area contributed by atoms with Crippen LogP contribution in [0, 0.1) is 0 Å². The van der Waals surface area contributed by atoms with E-state index in [1.807, 2.05) is 0 Å². The van der Waals surface area contributed by atoms with Crippen LogP contribution in [0.4, 0.5) is 26.3 Å². The van der Waals surface area contributed by atoms with E-state index in [0.717, 1.165) is 11.4 Å². The van der Waals surface area contributed by atoms with Gasteiger partial charge in [-0.1, -0.05) is 6.07 Å². The van der Waals surface area contributed by atoms with Crippen molar-refractivity contribution >= 4 is 21.4 Å². The molecule has 0 atom stereocenters. The Labute approximate surface area is 108 Å². The maximum atomic E-state index is 12.9. The molecule has 0 saturated carbocycles. The predicted molar refractivity (Wildman–Crippen MR) is 56.1 cm³/mol. The van der Waals surface area contributed by atoms with Crippen molar-refractivity contribution in [1.29, 1.82) is 0 Å². The summed E-state index contributed by atoms with van der Waals surface area (Å²) in [7, 11) is -4.76. The predicted octanol–water partition coefficient (Wildman–Crippen LogP) is 2.62. The van der Waals surface area contributed by atoms with Gasteiger partial charge < -0.3 is 0 Å². The molecule has 0 fully saturated rings. The minimum Gasteiger partial charge on any atom is -0.213 e. The van der Waals surface area contributed by atoms with Gasteiger partial charge >= 0.3 is 12.4 Å². The quantitative estimate of drug-likeness (QED) is 0.868. The first-order valence-corrected chi connectivity index (χ1v) is 7.25. The van der Waals surface area contributed by atoms with E-state index in [2.05, 4.69) is 0 Å². The van der Waals surface area contributed by atoms with Gasteiger partial charge in [0.25, 0.3) is 5.54 Å². The van der Waals surface area contributed by atoms with Gasteiger partial charge in [-0.2, -0.15) is 31.1 Å². The lowest BCUT2D eigenvalue weighted by Crippen LogP contribution is -2.64. The zero-order valence-electron chi connectivity index (χ0n) is 9.13. The Morgan fingerprint density at radius 3 is 1.84 bits per heavy atom. The lowest BCUT2D eigenvalue weighted by Gasteiger charge is -2.36. The monoisotopic (exact) mass is 327 g/mol. The van der Waals surface area contributed by atoms with Gasteiger partial charge in [0.2, 0.25) is 10.0 Å². The molecule has 0 bridgehead atoms. The zero-order chi connectivity index (χ0) is 15.1. The molecule has 0 unspecified atom stereocenters. The Morgan fingerprint density at radius 2 is 1.58 bits per heavy atom. The van der Waals surface area contributed by atoms with Gasteiger partial charge in [-0.05, 0) is 11.4 Å². The maximum Gasteiger partial charge on any atom is 0.421 e. The molecule has 0 saturated heterocycles. The summed E-state index contributed by atoms with van der Waals surface area (Å²) in [4.78, 5) is -1.20. The molecule has 0 aliphatic rings. The van der Waals surface area contributed by atoms with Crippen LogP contribution in [0.25, 0.3) is 0 Å². The molecular weight excluding hydrogens is 320 g/mol.